The highest BCUT2D eigenvalue weighted by atomic mass is 15.0. The van der Waals surface area contributed by atoms with E-state index in [1.165, 1.54) is 11.1 Å². The minimum absolute atomic E-state index is 0.251. The molecule has 2 aromatic rings. The molecule has 0 bridgehead atoms. The van der Waals surface area contributed by atoms with Crippen LogP contribution in [0, 0.1) is 6.92 Å². The van der Waals surface area contributed by atoms with Crippen LogP contribution in [0.15, 0.2) is 48.7 Å². The van der Waals surface area contributed by atoms with E-state index in [4.69, 9.17) is 0 Å². The predicted octanol–water partition coefficient (Wildman–Crippen LogP) is 3.80. The summed E-state index contributed by atoms with van der Waals surface area (Å²) in [5, 5.41) is 3.59. The third-order valence-corrected chi connectivity index (χ3v) is 3.29. The van der Waals surface area contributed by atoms with E-state index < -0.39 is 0 Å². The van der Waals surface area contributed by atoms with Crippen LogP contribution in [0.25, 0.3) is 0 Å². The number of nitrogens with zero attached hydrogens (tertiary/aromatic N) is 1. The molecule has 0 spiro atoms. The molecule has 0 radical (unpaired) electrons. The first-order chi connectivity index (χ1) is 8.68. The van der Waals surface area contributed by atoms with Crippen molar-refractivity contribution in [3.63, 3.8) is 0 Å². The van der Waals surface area contributed by atoms with E-state index in [1.807, 2.05) is 18.3 Å². The molecule has 2 nitrogen and oxygen atoms in total. The van der Waals surface area contributed by atoms with Gasteiger partial charge in [-0.1, -0.05) is 30.3 Å². The van der Waals surface area contributed by atoms with E-state index in [1.54, 1.807) is 0 Å². The van der Waals surface area contributed by atoms with E-state index >= 15 is 0 Å². The van der Waals surface area contributed by atoms with Crippen molar-refractivity contribution in [3.05, 3.63) is 65.5 Å². The van der Waals surface area contributed by atoms with Crippen LogP contribution in [-0.4, -0.2) is 4.98 Å². The fourth-order valence-electron chi connectivity index (χ4n) is 2.25. The first kappa shape index (κ1) is 12.8. The van der Waals surface area contributed by atoms with Gasteiger partial charge in [0.05, 0.1) is 5.69 Å². The summed E-state index contributed by atoms with van der Waals surface area (Å²) in [7, 11) is 0. The molecule has 0 saturated heterocycles. The number of aryl methyl sites for hydroxylation is 1. The van der Waals surface area contributed by atoms with E-state index in [9.17, 15) is 0 Å². The van der Waals surface area contributed by atoms with Gasteiger partial charge >= 0.3 is 0 Å². The Kier molecular flexibility index (Phi) is 4.11. The van der Waals surface area contributed by atoms with Crippen LogP contribution in [0.3, 0.4) is 0 Å². The second-order valence-corrected chi connectivity index (χ2v) is 4.72. The maximum absolute atomic E-state index is 4.39. The standard InChI is InChI=1S/C16H20N2/c1-12-8-4-5-9-15(12)13(2)18-14(3)16-10-6-7-11-17-16/h4-11,13-14,18H,1-3H3. The van der Waals surface area contributed by atoms with E-state index in [-0.39, 0.29) is 6.04 Å². The molecule has 2 atom stereocenters. The molecule has 0 amide bonds. The monoisotopic (exact) mass is 240 g/mol. The normalized spacial score (nSPS) is 14.2. The zero-order chi connectivity index (χ0) is 13.0. The van der Waals surface area contributed by atoms with Crippen molar-refractivity contribution in [1.29, 1.82) is 0 Å². The first-order valence-electron chi connectivity index (χ1n) is 6.41. The number of nitrogens with one attached hydrogen (secondary N) is 1. The van der Waals surface area contributed by atoms with Crippen LogP contribution >= 0.6 is 0 Å². The van der Waals surface area contributed by atoms with Gasteiger partial charge < -0.3 is 5.32 Å². The average molecular weight is 240 g/mol. The van der Waals surface area contributed by atoms with Crippen molar-refractivity contribution in [3.8, 4) is 0 Å². The highest BCUT2D eigenvalue weighted by Crippen LogP contribution is 2.20. The van der Waals surface area contributed by atoms with Gasteiger partial charge in [0.1, 0.15) is 0 Å². The van der Waals surface area contributed by atoms with Crippen LogP contribution in [0.2, 0.25) is 0 Å². The molecule has 1 N–H and O–H groups in total. The van der Waals surface area contributed by atoms with Crippen LogP contribution < -0.4 is 5.32 Å². The Morgan fingerprint density at radius 3 is 2.33 bits per heavy atom. The highest BCUT2D eigenvalue weighted by molar-refractivity contribution is 5.28. The van der Waals surface area contributed by atoms with Crippen molar-refractivity contribution >= 4 is 0 Å². The summed E-state index contributed by atoms with van der Waals surface area (Å²) in [6, 6.07) is 15.1. The fourth-order valence-corrected chi connectivity index (χ4v) is 2.25. The van der Waals surface area contributed by atoms with Crippen molar-refractivity contribution < 1.29 is 0 Å². The lowest BCUT2D eigenvalue weighted by atomic mass is 10.0. The lowest BCUT2D eigenvalue weighted by Gasteiger charge is -2.21. The van der Waals surface area contributed by atoms with Crippen molar-refractivity contribution in [2.24, 2.45) is 0 Å². The van der Waals surface area contributed by atoms with Gasteiger partial charge in [0.15, 0.2) is 0 Å². The number of hydrogen-bond donors (Lipinski definition) is 1. The Labute approximate surface area is 109 Å². The lowest BCUT2D eigenvalue weighted by molar-refractivity contribution is 0.485. The smallest absolute Gasteiger partial charge is 0.0570 e. The molecule has 2 heteroatoms. The van der Waals surface area contributed by atoms with Gasteiger partial charge in [-0.25, -0.2) is 0 Å². The largest absolute Gasteiger partial charge is 0.302 e. The lowest BCUT2D eigenvalue weighted by Crippen LogP contribution is -2.23. The van der Waals surface area contributed by atoms with Crippen LogP contribution in [0.5, 0.6) is 0 Å². The molecule has 18 heavy (non-hydrogen) atoms. The van der Waals surface area contributed by atoms with Crippen molar-refractivity contribution in [1.82, 2.24) is 10.3 Å². The molecule has 2 unspecified atom stereocenters. The van der Waals surface area contributed by atoms with Crippen LogP contribution in [0.1, 0.15) is 42.8 Å². The van der Waals surface area contributed by atoms with Gasteiger partial charge in [-0.3, -0.25) is 4.98 Å². The van der Waals surface area contributed by atoms with E-state index in [0.29, 0.717) is 6.04 Å². The summed E-state index contributed by atoms with van der Waals surface area (Å²) in [6.45, 7) is 6.50. The molecule has 1 aromatic heterocycles. The van der Waals surface area contributed by atoms with Crippen molar-refractivity contribution in [2.45, 2.75) is 32.9 Å². The van der Waals surface area contributed by atoms with Crippen LogP contribution in [-0.2, 0) is 0 Å². The van der Waals surface area contributed by atoms with Gasteiger partial charge in [-0.2, -0.15) is 0 Å². The maximum Gasteiger partial charge on any atom is 0.0570 e. The van der Waals surface area contributed by atoms with E-state index in [2.05, 4.69) is 61.4 Å². The van der Waals surface area contributed by atoms with Crippen molar-refractivity contribution in [2.75, 3.05) is 0 Å². The number of rotatable bonds is 4. The molecule has 94 valence electrons. The average Bonchev–Trinajstić information content (AvgIpc) is 2.40. The summed E-state index contributed by atoms with van der Waals surface area (Å²) >= 11 is 0. The Morgan fingerprint density at radius 2 is 1.67 bits per heavy atom. The zero-order valence-corrected chi connectivity index (χ0v) is 11.2. The molecule has 1 heterocycles. The van der Waals surface area contributed by atoms with Crippen LogP contribution in [0.4, 0.5) is 0 Å². The third-order valence-electron chi connectivity index (χ3n) is 3.29. The van der Waals surface area contributed by atoms with Gasteiger partial charge in [0.25, 0.3) is 0 Å². The quantitative estimate of drug-likeness (QED) is 0.879. The highest BCUT2D eigenvalue weighted by Gasteiger charge is 2.12. The number of aromatic nitrogens is 1. The molecule has 1 aromatic carbocycles. The summed E-state index contributed by atoms with van der Waals surface area (Å²) in [5.74, 6) is 0. The molecule has 0 saturated carbocycles. The topological polar surface area (TPSA) is 24.9 Å². The minimum Gasteiger partial charge on any atom is -0.302 e. The summed E-state index contributed by atoms with van der Waals surface area (Å²) in [5.41, 5.74) is 3.75. The molecule has 0 aliphatic rings. The fraction of sp³-hybridized carbons (Fsp3) is 0.312. The van der Waals surface area contributed by atoms with Gasteiger partial charge in [-0.05, 0) is 44.0 Å². The second kappa shape index (κ2) is 5.78. The zero-order valence-electron chi connectivity index (χ0n) is 11.2. The molecular formula is C16H20N2. The Morgan fingerprint density at radius 1 is 0.944 bits per heavy atom. The number of benzene rings is 1. The van der Waals surface area contributed by atoms with E-state index in [0.717, 1.165) is 5.69 Å². The maximum atomic E-state index is 4.39. The molecule has 0 aliphatic carbocycles. The van der Waals surface area contributed by atoms with Gasteiger partial charge in [0, 0.05) is 18.3 Å². The number of pyridine rings is 1. The summed E-state index contributed by atoms with van der Waals surface area (Å²) < 4.78 is 0. The first-order valence-corrected chi connectivity index (χ1v) is 6.41. The third kappa shape index (κ3) is 2.96. The SMILES string of the molecule is Cc1ccccc1C(C)NC(C)c1ccccn1. The summed E-state index contributed by atoms with van der Waals surface area (Å²) in [6.07, 6.45) is 1.84. The second-order valence-electron chi connectivity index (χ2n) is 4.72. The minimum atomic E-state index is 0.251. The molecule has 2 rings (SSSR count). The molecule has 0 aliphatic heterocycles. The number of hydrogen-bond acceptors (Lipinski definition) is 2. The molecular weight excluding hydrogens is 220 g/mol. The Hall–Kier alpha value is -1.67. The van der Waals surface area contributed by atoms with Gasteiger partial charge in [-0.15, -0.1) is 0 Å². The predicted molar refractivity (Wildman–Crippen MR) is 75.4 cm³/mol. The molecule has 0 fully saturated rings. The Bertz CT molecular complexity index is 493. The Balaban J connectivity index is 2.08. The summed E-state index contributed by atoms with van der Waals surface area (Å²) in [4.78, 5) is 4.39. The van der Waals surface area contributed by atoms with Gasteiger partial charge in [0.2, 0.25) is 0 Å².